The monoisotopic (exact) mass is 291 g/mol. The van der Waals surface area contributed by atoms with Gasteiger partial charge in [0.1, 0.15) is 0 Å². The van der Waals surface area contributed by atoms with E-state index in [1.54, 1.807) is 0 Å². The van der Waals surface area contributed by atoms with Crippen molar-refractivity contribution in [1.82, 2.24) is 15.0 Å². The zero-order valence-electron chi connectivity index (χ0n) is 12.8. The molecule has 1 unspecified atom stereocenters. The summed E-state index contributed by atoms with van der Waals surface area (Å²) < 4.78 is 5.53. The van der Waals surface area contributed by atoms with Crippen LogP contribution < -0.4 is 15.4 Å². The Kier molecular flexibility index (Phi) is 4.41. The summed E-state index contributed by atoms with van der Waals surface area (Å²) in [4.78, 5) is 15.2. The van der Waals surface area contributed by atoms with Gasteiger partial charge in [-0.25, -0.2) is 0 Å². The van der Waals surface area contributed by atoms with E-state index in [0.29, 0.717) is 24.6 Å². The summed E-state index contributed by atoms with van der Waals surface area (Å²) in [5.41, 5.74) is 5.83. The van der Waals surface area contributed by atoms with Crippen LogP contribution in [-0.2, 0) is 0 Å². The Morgan fingerprint density at radius 3 is 2.71 bits per heavy atom. The summed E-state index contributed by atoms with van der Waals surface area (Å²) in [5, 5.41) is 0. The highest BCUT2D eigenvalue weighted by molar-refractivity contribution is 5.38. The van der Waals surface area contributed by atoms with Gasteiger partial charge in [0.05, 0.1) is 6.61 Å². The molecule has 0 spiro atoms. The van der Waals surface area contributed by atoms with E-state index < -0.39 is 0 Å². The second-order valence-electron chi connectivity index (χ2n) is 6.07. The molecule has 1 aliphatic heterocycles. The summed E-state index contributed by atoms with van der Waals surface area (Å²) in [7, 11) is 0. The van der Waals surface area contributed by atoms with Crippen molar-refractivity contribution in [2.45, 2.75) is 57.9 Å². The molecule has 116 valence electrons. The summed E-state index contributed by atoms with van der Waals surface area (Å²) in [6.07, 6.45) is 8.76. The van der Waals surface area contributed by atoms with Crippen LogP contribution in [-0.4, -0.2) is 34.1 Å². The molecule has 1 aromatic rings. The highest BCUT2D eigenvalue weighted by atomic mass is 16.5. The Hall–Kier alpha value is -1.59. The van der Waals surface area contributed by atoms with Crippen molar-refractivity contribution in [3.05, 3.63) is 0 Å². The number of nitrogens with two attached hydrogens (primary N) is 1. The topological polar surface area (TPSA) is 77.2 Å². The maximum Gasteiger partial charge on any atom is 0.323 e. The van der Waals surface area contributed by atoms with Crippen LogP contribution in [0, 0.1) is 5.92 Å². The lowest BCUT2D eigenvalue weighted by molar-refractivity contribution is 0.291. The molecular weight excluding hydrogens is 266 g/mol. The van der Waals surface area contributed by atoms with Gasteiger partial charge in [-0.3, -0.25) is 0 Å². The molecule has 3 rings (SSSR count). The fraction of sp³-hybridized carbons (Fsp3) is 0.800. The number of ether oxygens (including phenoxy) is 1. The third-order valence-corrected chi connectivity index (χ3v) is 4.56. The van der Waals surface area contributed by atoms with Crippen molar-refractivity contribution in [3.8, 4) is 6.01 Å². The molecule has 1 aromatic heterocycles. The summed E-state index contributed by atoms with van der Waals surface area (Å²) in [5.74, 6) is 1.73. The molecule has 2 aliphatic rings. The Morgan fingerprint density at radius 2 is 1.95 bits per heavy atom. The smallest absolute Gasteiger partial charge is 0.323 e. The molecule has 2 heterocycles. The highest BCUT2D eigenvalue weighted by Crippen LogP contribution is 2.37. The molecule has 21 heavy (non-hydrogen) atoms. The largest absolute Gasteiger partial charge is 0.463 e. The van der Waals surface area contributed by atoms with E-state index in [2.05, 4.69) is 26.8 Å². The van der Waals surface area contributed by atoms with Gasteiger partial charge in [0.15, 0.2) is 0 Å². The quantitative estimate of drug-likeness (QED) is 0.897. The molecule has 6 nitrogen and oxygen atoms in total. The Morgan fingerprint density at radius 1 is 1.14 bits per heavy atom. The van der Waals surface area contributed by atoms with E-state index in [0.717, 1.165) is 18.9 Å². The number of nitrogens with zero attached hydrogens (tertiary/aromatic N) is 4. The van der Waals surface area contributed by atoms with Crippen molar-refractivity contribution in [2.24, 2.45) is 5.92 Å². The summed E-state index contributed by atoms with van der Waals surface area (Å²) in [6, 6.07) is 0.921. The van der Waals surface area contributed by atoms with Gasteiger partial charge in [0, 0.05) is 12.6 Å². The number of anilines is 2. The van der Waals surface area contributed by atoms with Crippen LogP contribution in [0.25, 0.3) is 0 Å². The second kappa shape index (κ2) is 6.45. The molecule has 0 aromatic carbocycles. The normalized spacial score (nSPS) is 22.9. The molecule has 1 saturated carbocycles. The molecule has 6 heteroatoms. The molecule has 0 bridgehead atoms. The highest BCUT2D eigenvalue weighted by Gasteiger charge is 2.35. The fourth-order valence-corrected chi connectivity index (χ4v) is 3.62. The minimum atomic E-state index is 0.253. The average molecular weight is 291 g/mol. The lowest BCUT2D eigenvalue weighted by Crippen LogP contribution is -2.36. The van der Waals surface area contributed by atoms with Gasteiger partial charge in [0.2, 0.25) is 11.9 Å². The molecule has 1 aliphatic carbocycles. The molecule has 1 saturated heterocycles. The predicted octanol–water partition coefficient (Wildman–Crippen LogP) is 2.40. The van der Waals surface area contributed by atoms with E-state index in [9.17, 15) is 0 Å². The molecule has 1 atom stereocenters. The fourth-order valence-electron chi connectivity index (χ4n) is 3.62. The van der Waals surface area contributed by atoms with Gasteiger partial charge in [-0.05, 0) is 38.0 Å². The number of aromatic nitrogens is 3. The molecule has 0 radical (unpaired) electrons. The van der Waals surface area contributed by atoms with Crippen LogP contribution in [0.1, 0.15) is 51.9 Å². The number of hydrogen-bond acceptors (Lipinski definition) is 6. The van der Waals surface area contributed by atoms with E-state index >= 15 is 0 Å². The molecule has 2 fully saturated rings. The first-order chi connectivity index (χ1) is 10.3. The van der Waals surface area contributed by atoms with Crippen LogP contribution in [0.5, 0.6) is 6.01 Å². The van der Waals surface area contributed by atoms with Crippen molar-refractivity contribution in [1.29, 1.82) is 0 Å². The van der Waals surface area contributed by atoms with Crippen molar-refractivity contribution in [3.63, 3.8) is 0 Å². The van der Waals surface area contributed by atoms with Gasteiger partial charge in [-0.15, -0.1) is 0 Å². The van der Waals surface area contributed by atoms with E-state index in [-0.39, 0.29) is 5.95 Å². The maximum absolute atomic E-state index is 5.83. The summed E-state index contributed by atoms with van der Waals surface area (Å²) in [6.45, 7) is 3.68. The lowest BCUT2D eigenvalue weighted by Gasteiger charge is -2.29. The minimum Gasteiger partial charge on any atom is -0.463 e. The number of nitrogen functional groups attached to an aromatic ring is 1. The first-order valence-electron chi connectivity index (χ1n) is 8.19. The third-order valence-electron chi connectivity index (χ3n) is 4.56. The zero-order chi connectivity index (χ0) is 14.7. The summed E-state index contributed by atoms with van der Waals surface area (Å²) >= 11 is 0. The van der Waals surface area contributed by atoms with Crippen LogP contribution in [0.4, 0.5) is 11.9 Å². The Labute approximate surface area is 126 Å². The minimum absolute atomic E-state index is 0.253. The van der Waals surface area contributed by atoms with Crippen LogP contribution in [0.3, 0.4) is 0 Å². The van der Waals surface area contributed by atoms with Crippen LogP contribution >= 0.6 is 0 Å². The lowest BCUT2D eigenvalue weighted by atomic mass is 9.96. The number of hydrogen-bond donors (Lipinski definition) is 1. The molecule has 2 N–H and O–H groups in total. The third kappa shape index (κ3) is 3.19. The van der Waals surface area contributed by atoms with Gasteiger partial charge in [-0.2, -0.15) is 15.0 Å². The zero-order valence-corrected chi connectivity index (χ0v) is 12.8. The second-order valence-corrected chi connectivity index (χ2v) is 6.07. The standard InChI is InChI=1S/C15H25N5O/c1-2-10-21-15-18-13(16)17-14(19-15)20-9-5-8-12(20)11-6-3-4-7-11/h11-12H,2-10H2,1H3,(H2,16,17,18,19). The van der Waals surface area contributed by atoms with Crippen molar-refractivity contribution < 1.29 is 4.74 Å². The van der Waals surface area contributed by atoms with Gasteiger partial charge >= 0.3 is 6.01 Å². The molecular formula is C15H25N5O. The molecule has 0 amide bonds. The average Bonchev–Trinajstić information content (AvgIpc) is 3.14. The predicted molar refractivity (Wildman–Crippen MR) is 82.4 cm³/mol. The van der Waals surface area contributed by atoms with E-state index in [1.807, 2.05) is 0 Å². The van der Waals surface area contributed by atoms with E-state index in [1.165, 1.54) is 38.5 Å². The number of rotatable bonds is 5. The van der Waals surface area contributed by atoms with Gasteiger partial charge < -0.3 is 15.4 Å². The van der Waals surface area contributed by atoms with Crippen LogP contribution in [0.2, 0.25) is 0 Å². The Bertz CT molecular complexity index is 475. The van der Waals surface area contributed by atoms with E-state index in [4.69, 9.17) is 10.5 Å². The Balaban J connectivity index is 1.79. The van der Waals surface area contributed by atoms with Crippen molar-refractivity contribution in [2.75, 3.05) is 23.8 Å². The van der Waals surface area contributed by atoms with Gasteiger partial charge in [0.25, 0.3) is 0 Å². The maximum atomic E-state index is 5.83. The first-order valence-corrected chi connectivity index (χ1v) is 8.19. The SMILES string of the molecule is CCCOc1nc(N)nc(N2CCCC2C2CCCC2)n1. The van der Waals surface area contributed by atoms with Gasteiger partial charge in [-0.1, -0.05) is 19.8 Å². The first kappa shape index (κ1) is 14.4. The van der Waals surface area contributed by atoms with Crippen LogP contribution in [0.15, 0.2) is 0 Å². The van der Waals surface area contributed by atoms with Crippen molar-refractivity contribution >= 4 is 11.9 Å².